The minimum atomic E-state index is -3.49. The molecular weight excluding hydrogens is 304 g/mol. The first-order chi connectivity index (χ1) is 10.1. The van der Waals surface area contributed by atoms with Crippen molar-refractivity contribution < 1.29 is 8.42 Å². The third-order valence-electron chi connectivity index (χ3n) is 3.13. The molecule has 114 valence electrons. The van der Waals surface area contributed by atoms with E-state index in [0.29, 0.717) is 18.0 Å². The second-order valence-corrected chi connectivity index (χ2v) is 7.67. The van der Waals surface area contributed by atoms with E-state index in [2.05, 4.69) is 17.0 Å². The van der Waals surface area contributed by atoms with Crippen LogP contribution in [0.5, 0.6) is 0 Å². The van der Waals surface area contributed by atoms with Crippen molar-refractivity contribution in [3.8, 4) is 0 Å². The summed E-state index contributed by atoms with van der Waals surface area (Å²) in [4.78, 5) is 2.63. The average Bonchev–Trinajstić information content (AvgIpc) is 2.94. The van der Waals surface area contributed by atoms with E-state index < -0.39 is 10.0 Å². The van der Waals surface area contributed by atoms with Gasteiger partial charge in [-0.05, 0) is 37.2 Å². The molecule has 0 bridgehead atoms. The zero-order valence-corrected chi connectivity index (χ0v) is 13.9. The molecule has 0 saturated carbocycles. The number of hydrogen-bond acceptors (Lipinski definition) is 4. The van der Waals surface area contributed by atoms with Crippen LogP contribution < -0.4 is 10.0 Å². The Bertz CT molecular complexity index is 693. The van der Waals surface area contributed by atoms with Crippen molar-refractivity contribution in [1.82, 2.24) is 10.0 Å². The summed E-state index contributed by atoms with van der Waals surface area (Å²) >= 11 is 1.64. The van der Waals surface area contributed by atoms with Crippen LogP contribution in [-0.2, 0) is 29.5 Å². The number of rotatable bonds is 7. The van der Waals surface area contributed by atoms with E-state index in [0.717, 1.165) is 16.9 Å². The monoisotopic (exact) mass is 324 g/mol. The Morgan fingerprint density at radius 3 is 2.43 bits per heavy atom. The molecule has 0 saturated heterocycles. The lowest BCUT2D eigenvalue weighted by molar-refractivity contribution is 0.580. The summed E-state index contributed by atoms with van der Waals surface area (Å²) < 4.78 is 27.6. The van der Waals surface area contributed by atoms with E-state index in [-0.39, 0.29) is 0 Å². The summed E-state index contributed by atoms with van der Waals surface area (Å²) in [5.74, 6) is 0. The number of benzene rings is 1. The molecule has 0 aliphatic carbocycles. The van der Waals surface area contributed by atoms with E-state index in [1.165, 1.54) is 4.88 Å². The maximum Gasteiger partial charge on any atom is 0.241 e. The summed E-state index contributed by atoms with van der Waals surface area (Å²) in [5.41, 5.74) is 0.771. The van der Waals surface area contributed by atoms with Crippen molar-refractivity contribution in [3.63, 3.8) is 0 Å². The normalized spacial score (nSPS) is 11.7. The van der Waals surface area contributed by atoms with Gasteiger partial charge in [0.05, 0.1) is 4.90 Å². The van der Waals surface area contributed by atoms with Crippen LogP contribution in [0, 0.1) is 0 Å². The van der Waals surface area contributed by atoms with Gasteiger partial charge >= 0.3 is 0 Å². The molecular formula is C15H20N2O2S2. The molecule has 6 heteroatoms. The molecule has 21 heavy (non-hydrogen) atoms. The van der Waals surface area contributed by atoms with E-state index >= 15 is 0 Å². The Balaban J connectivity index is 2.14. The van der Waals surface area contributed by atoms with Crippen molar-refractivity contribution >= 4 is 21.4 Å². The number of thiophene rings is 1. The maximum absolute atomic E-state index is 12.4. The highest BCUT2D eigenvalue weighted by molar-refractivity contribution is 7.89. The topological polar surface area (TPSA) is 58.2 Å². The third-order valence-corrected chi connectivity index (χ3v) is 5.86. The Morgan fingerprint density at radius 1 is 1.05 bits per heavy atom. The molecule has 2 N–H and O–H groups in total. The Morgan fingerprint density at radius 2 is 1.76 bits per heavy atom. The molecule has 1 aromatic heterocycles. The molecule has 0 fully saturated rings. The van der Waals surface area contributed by atoms with Crippen LogP contribution in [-0.4, -0.2) is 15.5 Å². The zero-order chi connectivity index (χ0) is 15.3. The molecule has 4 nitrogen and oxygen atoms in total. The van der Waals surface area contributed by atoms with Crippen LogP contribution in [0.25, 0.3) is 0 Å². The summed E-state index contributed by atoms with van der Waals surface area (Å²) in [6.07, 6.45) is 0.975. The molecule has 0 aliphatic rings. The lowest BCUT2D eigenvalue weighted by Crippen LogP contribution is -2.24. The number of nitrogens with one attached hydrogen (secondary N) is 2. The second-order valence-electron chi connectivity index (χ2n) is 4.68. The average molecular weight is 324 g/mol. The Hall–Kier alpha value is -1.21. The minimum absolute atomic E-state index is 0.334. The van der Waals surface area contributed by atoms with Gasteiger partial charge in [0.25, 0.3) is 0 Å². The van der Waals surface area contributed by atoms with E-state index in [1.54, 1.807) is 30.5 Å². The fourth-order valence-electron chi connectivity index (χ4n) is 2.05. The zero-order valence-electron chi connectivity index (χ0n) is 12.2. The predicted octanol–water partition coefficient (Wildman–Crippen LogP) is 2.51. The highest BCUT2D eigenvalue weighted by atomic mass is 32.2. The standard InChI is InChI=1S/C15H20N2O2S2/c1-3-13-8-9-14(20-13)11-17-21(18,19)15-7-5-4-6-12(15)10-16-2/h4-9,16-17H,3,10-11H2,1-2H3. The van der Waals surface area contributed by atoms with E-state index in [4.69, 9.17) is 0 Å². The first-order valence-corrected chi connectivity index (χ1v) is 9.16. The lowest BCUT2D eigenvalue weighted by Gasteiger charge is -2.10. The molecule has 1 heterocycles. The van der Waals surface area contributed by atoms with E-state index in [9.17, 15) is 8.42 Å². The predicted molar refractivity (Wildman–Crippen MR) is 86.9 cm³/mol. The quantitative estimate of drug-likeness (QED) is 0.823. The van der Waals surface area contributed by atoms with Gasteiger partial charge in [-0.25, -0.2) is 13.1 Å². The van der Waals surface area contributed by atoms with Gasteiger partial charge in [0.2, 0.25) is 10.0 Å². The van der Waals surface area contributed by atoms with Crippen LogP contribution in [0.15, 0.2) is 41.3 Å². The van der Waals surface area contributed by atoms with Gasteiger partial charge < -0.3 is 5.32 Å². The summed E-state index contributed by atoms with van der Waals surface area (Å²) in [5, 5.41) is 2.99. The van der Waals surface area contributed by atoms with Crippen molar-refractivity contribution in [3.05, 3.63) is 51.7 Å². The molecule has 2 aromatic rings. The first-order valence-electron chi connectivity index (χ1n) is 6.86. The van der Waals surface area contributed by atoms with Crippen LogP contribution in [0.1, 0.15) is 22.2 Å². The van der Waals surface area contributed by atoms with Gasteiger partial charge in [0, 0.05) is 22.8 Å². The van der Waals surface area contributed by atoms with E-state index in [1.807, 2.05) is 24.3 Å². The molecule has 0 unspecified atom stereocenters. The fraction of sp³-hybridized carbons (Fsp3) is 0.333. The Labute approximate surface area is 130 Å². The van der Waals surface area contributed by atoms with Crippen LogP contribution >= 0.6 is 11.3 Å². The van der Waals surface area contributed by atoms with Crippen molar-refractivity contribution in [2.75, 3.05) is 7.05 Å². The van der Waals surface area contributed by atoms with Crippen LogP contribution in [0.2, 0.25) is 0 Å². The smallest absolute Gasteiger partial charge is 0.241 e. The fourth-order valence-corrected chi connectivity index (χ4v) is 4.29. The second kappa shape index (κ2) is 7.17. The third kappa shape index (κ3) is 4.14. The largest absolute Gasteiger partial charge is 0.316 e. The number of sulfonamides is 1. The van der Waals surface area contributed by atoms with Gasteiger partial charge in [-0.2, -0.15) is 0 Å². The van der Waals surface area contributed by atoms with Crippen LogP contribution in [0.4, 0.5) is 0 Å². The van der Waals surface area contributed by atoms with Gasteiger partial charge in [-0.15, -0.1) is 11.3 Å². The molecule has 0 amide bonds. The number of hydrogen-bond donors (Lipinski definition) is 2. The lowest BCUT2D eigenvalue weighted by atomic mass is 10.2. The first kappa shape index (κ1) is 16.2. The SMILES string of the molecule is CCc1ccc(CNS(=O)(=O)c2ccccc2CNC)s1. The number of aryl methyl sites for hydroxylation is 1. The minimum Gasteiger partial charge on any atom is -0.316 e. The highest BCUT2D eigenvalue weighted by Gasteiger charge is 2.17. The highest BCUT2D eigenvalue weighted by Crippen LogP contribution is 2.19. The molecule has 0 radical (unpaired) electrons. The molecule has 1 aromatic carbocycles. The van der Waals surface area contributed by atoms with Gasteiger partial charge in [0.1, 0.15) is 0 Å². The molecule has 0 spiro atoms. The molecule has 0 atom stereocenters. The van der Waals surface area contributed by atoms with Gasteiger partial charge in [-0.1, -0.05) is 25.1 Å². The van der Waals surface area contributed by atoms with Crippen LogP contribution in [0.3, 0.4) is 0 Å². The molecule has 2 rings (SSSR count). The van der Waals surface area contributed by atoms with Crippen molar-refractivity contribution in [2.45, 2.75) is 31.3 Å². The van der Waals surface area contributed by atoms with Gasteiger partial charge in [-0.3, -0.25) is 0 Å². The Kier molecular flexibility index (Phi) is 5.52. The summed E-state index contributed by atoms with van der Waals surface area (Å²) in [6.45, 7) is 2.95. The molecule has 0 aliphatic heterocycles. The summed E-state index contributed by atoms with van der Waals surface area (Å²) in [7, 11) is -1.69. The van der Waals surface area contributed by atoms with Crippen molar-refractivity contribution in [2.24, 2.45) is 0 Å². The maximum atomic E-state index is 12.4. The van der Waals surface area contributed by atoms with Gasteiger partial charge in [0.15, 0.2) is 0 Å². The van der Waals surface area contributed by atoms with Crippen molar-refractivity contribution in [1.29, 1.82) is 0 Å². The summed E-state index contributed by atoms with van der Waals surface area (Å²) in [6, 6.07) is 11.1.